The fraction of sp³-hybridized carbons (Fsp3) is 0.421. The second-order valence-corrected chi connectivity index (χ2v) is 7.25. The first kappa shape index (κ1) is 17.2. The molecule has 1 aromatic carbocycles. The van der Waals surface area contributed by atoms with Gasteiger partial charge in [-0.25, -0.2) is 4.79 Å². The van der Waals surface area contributed by atoms with E-state index in [1.807, 2.05) is 30.3 Å². The molecule has 2 aliphatic heterocycles. The molecule has 0 saturated carbocycles. The topological polar surface area (TPSA) is 72.9 Å². The molecule has 2 heterocycles. The molecule has 1 saturated heterocycles. The monoisotopic (exact) mass is 343 g/mol. The summed E-state index contributed by atoms with van der Waals surface area (Å²) in [5.74, 6) is -1.19. The van der Waals surface area contributed by atoms with Crippen molar-refractivity contribution in [3.63, 3.8) is 0 Å². The van der Waals surface area contributed by atoms with Crippen LogP contribution in [0.2, 0.25) is 0 Å². The van der Waals surface area contributed by atoms with E-state index < -0.39 is 24.1 Å². The van der Waals surface area contributed by atoms with Crippen molar-refractivity contribution in [3.05, 3.63) is 41.6 Å². The quantitative estimate of drug-likeness (QED) is 0.477. The molecule has 1 atom stereocenters. The molecule has 2 aliphatic rings. The van der Waals surface area contributed by atoms with Gasteiger partial charge >= 0.3 is 11.9 Å². The SMILES string of the molecule is CC(C)(C)C(=O)OCOC(=O)C1=C(c2ccccc2)CC2CC(=O)N12. The predicted molar refractivity (Wildman–Crippen MR) is 89.7 cm³/mol. The molecule has 6 nitrogen and oxygen atoms in total. The van der Waals surface area contributed by atoms with E-state index in [0.29, 0.717) is 12.8 Å². The first-order valence-electron chi connectivity index (χ1n) is 8.24. The van der Waals surface area contributed by atoms with Crippen molar-refractivity contribution in [2.75, 3.05) is 6.79 Å². The third kappa shape index (κ3) is 3.29. The minimum absolute atomic E-state index is 0.0161. The van der Waals surface area contributed by atoms with Crippen molar-refractivity contribution in [1.29, 1.82) is 0 Å². The van der Waals surface area contributed by atoms with Crippen molar-refractivity contribution >= 4 is 23.4 Å². The number of esters is 2. The van der Waals surface area contributed by atoms with Gasteiger partial charge in [0.15, 0.2) is 0 Å². The van der Waals surface area contributed by atoms with E-state index in [1.165, 1.54) is 4.90 Å². The maximum Gasteiger partial charge on any atom is 0.358 e. The molecule has 25 heavy (non-hydrogen) atoms. The van der Waals surface area contributed by atoms with Gasteiger partial charge in [0.05, 0.1) is 11.5 Å². The van der Waals surface area contributed by atoms with Gasteiger partial charge in [0, 0.05) is 6.42 Å². The molecule has 6 heteroatoms. The van der Waals surface area contributed by atoms with Crippen LogP contribution in [0.15, 0.2) is 36.0 Å². The lowest BCUT2D eigenvalue weighted by atomic mass is 9.97. The molecule has 1 aromatic rings. The van der Waals surface area contributed by atoms with Crippen molar-refractivity contribution < 1.29 is 23.9 Å². The first-order valence-corrected chi connectivity index (χ1v) is 8.24. The number of fused-ring (bicyclic) bond motifs is 1. The first-order chi connectivity index (χ1) is 11.8. The van der Waals surface area contributed by atoms with Crippen molar-refractivity contribution in [2.24, 2.45) is 5.41 Å². The van der Waals surface area contributed by atoms with Gasteiger partial charge in [0.1, 0.15) is 5.70 Å². The maximum atomic E-state index is 12.5. The van der Waals surface area contributed by atoms with Gasteiger partial charge < -0.3 is 14.4 Å². The van der Waals surface area contributed by atoms with Crippen LogP contribution in [0.4, 0.5) is 0 Å². The van der Waals surface area contributed by atoms with Crippen molar-refractivity contribution in [3.8, 4) is 0 Å². The third-order valence-corrected chi connectivity index (χ3v) is 4.32. The van der Waals surface area contributed by atoms with E-state index in [9.17, 15) is 14.4 Å². The Balaban J connectivity index is 1.76. The summed E-state index contributed by atoms with van der Waals surface area (Å²) in [6, 6.07) is 9.48. The lowest BCUT2D eigenvalue weighted by molar-refractivity contribution is -0.173. The fourth-order valence-electron chi connectivity index (χ4n) is 2.97. The summed E-state index contributed by atoms with van der Waals surface area (Å²) in [5.41, 5.74) is 1.28. The molecular weight excluding hydrogens is 322 g/mol. The van der Waals surface area contributed by atoms with Crippen LogP contribution in [0.1, 0.15) is 39.2 Å². The van der Waals surface area contributed by atoms with Gasteiger partial charge in [0.25, 0.3) is 0 Å². The zero-order valence-electron chi connectivity index (χ0n) is 14.6. The number of hydrogen-bond donors (Lipinski definition) is 0. The number of carbonyl (C=O) groups is 3. The van der Waals surface area contributed by atoms with Gasteiger partial charge in [-0.2, -0.15) is 0 Å². The highest BCUT2D eigenvalue weighted by molar-refractivity contribution is 6.05. The van der Waals surface area contributed by atoms with Gasteiger partial charge in [-0.1, -0.05) is 30.3 Å². The molecule has 3 rings (SSSR count). The Kier molecular flexibility index (Phi) is 4.37. The molecule has 0 aromatic heterocycles. The largest absolute Gasteiger partial charge is 0.427 e. The zero-order chi connectivity index (χ0) is 18.2. The molecule has 0 aliphatic carbocycles. The fourth-order valence-corrected chi connectivity index (χ4v) is 2.97. The summed E-state index contributed by atoms with van der Waals surface area (Å²) in [5, 5.41) is 0. The van der Waals surface area contributed by atoms with Crippen LogP contribution in [0.3, 0.4) is 0 Å². The van der Waals surface area contributed by atoms with Crippen LogP contribution in [-0.2, 0) is 23.9 Å². The highest BCUT2D eigenvalue weighted by Crippen LogP contribution is 2.43. The lowest BCUT2D eigenvalue weighted by Gasteiger charge is -2.35. The van der Waals surface area contributed by atoms with E-state index in [1.54, 1.807) is 20.8 Å². The highest BCUT2D eigenvalue weighted by Gasteiger charge is 2.48. The third-order valence-electron chi connectivity index (χ3n) is 4.32. The molecule has 1 amide bonds. The molecule has 0 N–H and O–H groups in total. The normalized spacial score (nSPS) is 19.4. The van der Waals surface area contributed by atoms with Gasteiger partial charge in [-0.05, 0) is 38.3 Å². The van der Waals surface area contributed by atoms with E-state index in [0.717, 1.165) is 11.1 Å². The predicted octanol–water partition coefficient (Wildman–Crippen LogP) is 2.49. The Morgan fingerprint density at radius 3 is 2.40 bits per heavy atom. The number of rotatable bonds is 4. The molecule has 1 unspecified atom stereocenters. The Morgan fingerprint density at radius 1 is 1.12 bits per heavy atom. The molecule has 1 fully saturated rings. The Bertz CT molecular complexity index is 745. The van der Waals surface area contributed by atoms with E-state index >= 15 is 0 Å². The Hall–Kier alpha value is -2.63. The number of amides is 1. The number of carbonyl (C=O) groups excluding carboxylic acids is 3. The number of benzene rings is 1. The van der Waals surface area contributed by atoms with E-state index in [-0.39, 0.29) is 17.6 Å². The molecule has 0 radical (unpaired) electrons. The van der Waals surface area contributed by atoms with Crippen molar-refractivity contribution in [1.82, 2.24) is 4.90 Å². The number of β-lactam (4-membered cyclic amide) rings is 1. The second-order valence-electron chi connectivity index (χ2n) is 7.25. The van der Waals surface area contributed by atoms with Crippen LogP contribution < -0.4 is 0 Å². The average molecular weight is 343 g/mol. The minimum atomic E-state index is -0.674. The smallest absolute Gasteiger partial charge is 0.358 e. The molecular formula is C19H21NO5. The number of nitrogens with zero attached hydrogens (tertiary/aromatic N) is 1. The van der Waals surface area contributed by atoms with Gasteiger partial charge in [-0.15, -0.1) is 0 Å². The summed E-state index contributed by atoms with van der Waals surface area (Å²) in [4.78, 5) is 37.7. The Labute approximate surface area is 146 Å². The van der Waals surface area contributed by atoms with Crippen LogP contribution in [0.25, 0.3) is 5.57 Å². The summed E-state index contributed by atoms with van der Waals surface area (Å²) in [6.45, 7) is 4.68. The van der Waals surface area contributed by atoms with Gasteiger partial charge in [-0.3, -0.25) is 9.59 Å². The lowest BCUT2D eigenvalue weighted by Crippen LogP contribution is -2.49. The minimum Gasteiger partial charge on any atom is -0.427 e. The van der Waals surface area contributed by atoms with E-state index in [2.05, 4.69) is 0 Å². The maximum absolute atomic E-state index is 12.5. The van der Waals surface area contributed by atoms with E-state index in [4.69, 9.17) is 9.47 Å². The number of ether oxygens (including phenoxy) is 2. The van der Waals surface area contributed by atoms with Crippen LogP contribution in [0.5, 0.6) is 0 Å². The molecule has 132 valence electrons. The van der Waals surface area contributed by atoms with Gasteiger partial charge in [0.2, 0.25) is 12.7 Å². The number of hydrogen-bond acceptors (Lipinski definition) is 5. The van der Waals surface area contributed by atoms with Crippen LogP contribution in [0, 0.1) is 5.41 Å². The summed E-state index contributed by atoms with van der Waals surface area (Å²) < 4.78 is 10.1. The van der Waals surface area contributed by atoms with Crippen LogP contribution in [-0.4, -0.2) is 35.6 Å². The van der Waals surface area contributed by atoms with Crippen molar-refractivity contribution in [2.45, 2.75) is 39.7 Å². The molecule has 0 spiro atoms. The standard InChI is InChI=1S/C19H21NO5/c1-19(2,3)18(23)25-11-24-17(22)16-14(12-7-5-4-6-8-12)9-13-10-15(21)20(13)16/h4-8,13H,9-11H2,1-3H3. The Morgan fingerprint density at radius 2 is 1.80 bits per heavy atom. The highest BCUT2D eigenvalue weighted by atomic mass is 16.7. The zero-order valence-corrected chi connectivity index (χ0v) is 14.6. The molecule has 0 bridgehead atoms. The summed E-state index contributed by atoms with van der Waals surface area (Å²) >= 11 is 0. The second kappa shape index (κ2) is 6.35. The summed E-state index contributed by atoms with van der Waals surface area (Å²) in [6.07, 6.45) is 1.06. The van der Waals surface area contributed by atoms with Crippen LogP contribution >= 0.6 is 0 Å². The summed E-state index contributed by atoms with van der Waals surface area (Å²) in [7, 11) is 0. The average Bonchev–Trinajstić information content (AvgIpc) is 2.87.